The second-order valence-electron chi connectivity index (χ2n) is 2.61. The molecule has 0 aliphatic carbocycles. The van der Waals surface area contributed by atoms with Crippen LogP contribution in [0, 0.1) is 5.92 Å². The zero-order valence-corrected chi connectivity index (χ0v) is 5.83. The zero-order valence-electron chi connectivity index (χ0n) is 5.83. The number of hydrogen-bond acceptors (Lipinski definition) is 1. The Balaban J connectivity index is 2.41. The fourth-order valence-electron chi connectivity index (χ4n) is 1.17. The summed E-state index contributed by atoms with van der Waals surface area (Å²) < 4.78 is 23.9. The van der Waals surface area contributed by atoms with Crippen LogP contribution >= 0.6 is 0 Å². The molecule has 5 heteroatoms. The zero-order chi connectivity index (χ0) is 8.43. The van der Waals surface area contributed by atoms with E-state index in [4.69, 9.17) is 5.11 Å². The van der Waals surface area contributed by atoms with Crippen LogP contribution < -0.4 is 0 Å². The number of carbonyl (C=O) groups is 1. The van der Waals surface area contributed by atoms with Crippen LogP contribution in [0.4, 0.5) is 13.6 Å². The molecule has 11 heavy (non-hydrogen) atoms. The molecule has 0 aromatic heterocycles. The molecule has 0 radical (unpaired) electrons. The van der Waals surface area contributed by atoms with Gasteiger partial charge in [-0.2, -0.15) is 0 Å². The molecule has 1 saturated heterocycles. The first-order valence-corrected chi connectivity index (χ1v) is 3.37. The van der Waals surface area contributed by atoms with Gasteiger partial charge >= 0.3 is 6.09 Å². The summed E-state index contributed by atoms with van der Waals surface area (Å²) in [5.41, 5.74) is 0. The SMILES string of the molecule is O=C(O)N1CC[C@@H](C(F)F)C1. The van der Waals surface area contributed by atoms with E-state index in [1.165, 1.54) is 0 Å². The average molecular weight is 165 g/mol. The quantitative estimate of drug-likeness (QED) is 0.635. The first-order chi connectivity index (χ1) is 5.11. The van der Waals surface area contributed by atoms with Crippen LogP contribution in [0.25, 0.3) is 0 Å². The molecule has 0 spiro atoms. The number of hydrogen-bond donors (Lipinski definition) is 1. The van der Waals surface area contributed by atoms with Crippen molar-refractivity contribution in [1.82, 2.24) is 4.90 Å². The molecule has 64 valence electrons. The van der Waals surface area contributed by atoms with Gasteiger partial charge in [-0.15, -0.1) is 0 Å². The fraction of sp³-hybridized carbons (Fsp3) is 0.833. The summed E-state index contributed by atoms with van der Waals surface area (Å²) in [6.45, 7) is 0.220. The lowest BCUT2D eigenvalue weighted by molar-refractivity contribution is 0.0800. The van der Waals surface area contributed by atoms with E-state index < -0.39 is 18.4 Å². The Kier molecular flexibility index (Phi) is 2.26. The molecule has 1 amide bonds. The van der Waals surface area contributed by atoms with Gasteiger partial charge in [-0.05, 0) is 6.42 Å². The monoisotopic (exact) mass is 165 g/mol. The van der Waals surface area contributed by atoms with Crippen LogP contribution in [0.2, 0.25) is 0 Å². The Labute approximate surface area is 62.6 Å². The van der Waals surface area contributed by atoms with Gasteiger partial charge in [-0.3, -0.25) is 0 Å². The van der Waals surface area contributed by atoms with Crippen molar-refractivity contribution in [3.05, 3.63) is 0 Å². The molecule has 1 rings (SSSR count). The van der Waals surface area contributed by atoms with E-state index in [9.17, 15) is 13.6 Å². The van der Waals surface area contributed by atoms with Gasteiger partial charge in [0.25, 0.3) is 0 Å². The van der Waals surface area contributed by atoms with E-state index in [1.54, 1.807) is 0 Å². The van der Waals surface area contributed by atoms with Crippen molar-refractivity contribution in [2.45, 2.75) is 12.8 Å². The van der Waals surface area contributed by atoms with Crippen molar-refractivity contribution in [2.24, 2.45) is 5.92 Å². The van der Waals surface area contributed by atoms with E-state index >= 15 is 0 Å². The van der Waals surface area contributed by atoms with E-state index in [0.29, 0.717) is 0 Å². The Bertz CT molecular complexity index is 163. The number of amides is 1. The van der Waals surface area contributed by atoms with Gasteiger partial charge < -0.3 is 10.0 Å². The molecule has 1 aliphatic rings. The molecular weight excluding hydrogens is 156 g/mol. The summed E-state index contributed by atoms with van der Waals surface area (Å²) >= 11 is 0. The molecule has 1 atom stereocenters. The largest absolute Gasteiger partial charge is 0.465 e. The van der Waals surface area contributed by atoms with Gasteiger partial charge in [-0.1, -0.05) is 0 Å². The maximum absolute atomic E-state index is 12.0. The van der Waals surface area contributed by atoms with Crippen molar-refractivity contribution in [3.63, 3.8) is 0 Å². The lowest BCUT2D eigenvalue weighted by Gasteiger charge is -2.10. The Morgan fingerprint density at radius 1 is 1.64 bits per heavy atom. The van der Waals surface area contributed by atoms with Gasteiger partial charge in [0.1, 0.15) is 0 Å². The van der Waals surface area contributed by atoms with Crippen LogP contribution in [0.3, 0.4) is 0 Å². The lowest BCUT2D eigenvalue weighted by atomic mass is 10.1. The third-order valence-corrected chi connectivity index (χ3v) is 1.85. The van der Waals surface area contributed by atoms with Gasteiger partial charge in [0.15, 0.2) is 0 Å². The summed E-state index contributed by atoms with van der Waals surface area (Å²) in [4.78, 5) is 11.3. The predicted molar refractivity (Wildman–Crippen MR) is 33.7 cm³/mol. The second kappa shape index (κ2) is 3.02. The predicted octanol–water partition coefficient (Wildman–Crippen LogP) is 1.25. The van der Waals surface area contributed by atoms with E-state index in [0.717, 1.165) is 4.90 Å². The molecule has 3 nitrogen and oxygen atoms in total. The van der Waals surface area contributed by atoms with Crippen molar-refractivity contribution in [1.29, 1.82) is 0 Å². The van der Waals surface area contributed by atoms with Gasteiger partial charge in [0.2, 0.25) is 6.43 Å². The Morgan fingerprint density at radius 3 is 2.55 bits per heavy atom. The highest BCUT2D eigenvalue weighted by Crippen LogP contribution is 2.22. The number of likely N-dealkylation sites (tertiary alicyclic amines) is 1. The molecule has 0 saturated carbocycles. The topological polar surface area (TPSA) is 40.5 Å². The minimum Gasteiger partial charge on any atom is -0.465 e. The summed E-state index contributed by atoms with van der Waals surface area (Å²) in [6, 6.07) is 0. The summed E-state index contributed by atoms with van der Waals surface area (Å²) in [5.74, 6) is -0.758. The number of rotatable bonds is 1. The third kappa shape index (κ3) is 1.78. The minimum atomic E-state index is -2.39. The van der Waals surface area contributed by atoms with Gasteiger partial charge in [0.05, 0.1) is 0 Å². The number of alkyl halides is 2. The van der Waals surface area contributed by atoms with Crippen LogP contribution in [-0.4, -0.2) is 35.6 Å². The van der Waals surface area contributed by atoms with Crippen molar-refractivity contribution < 1.29 is 18.7 Å². The fourth-order valence-corrected chi connectivity index (χ4v) is 1.17. The van der Waals surface area contributed by atoms with Crippen LogP contribution in [0.5, 0.6) is 0 Å². The van der Waals surface area contributed by atoms with E-state index in [1.807, 2.05) is 0 Å². The highest BCUT2D eigenvalue weighted by molar-refractivity contribution is 5.65. The maximum Gasteiger partial charge on any atom is 0.407 e. The molecule has 0 aromatic carbocycles. The molecule has 1 aliphatic heterocycles. The molecule has 1 heterocycles. The van der Waals surface area contributed by atoms with Crippen LogP contribution in [0.1, 0.15) is 6.42 Å². The van der Waals surface area contributed by atoms with E-state index in [-0.39, 0.29) is 19.5 Å². The standard InChI is InChI=1S/C6H9F2NO2/c7-5(8)4-1-2-9(3-4)6(10)11/h4-5H,1-3H2,(H,10,11)/t4-/m1/s1. The van der Waals surface area contributed by atoms with Crippen LogP contribution in [-0.2, 0) is 0 Å². The normalized spacial score (nSPS) is 24.6. The number of carboxylic acid groups (broad SMARTS) is 1. The van der Waals surface area contributed by atoms with Crippen molar-refractivity contribution >= 4 is 6.09 Å². The Hall–Kier alpha value is -0.870. The number of nitrogens with zero attached hydrogens (tertiary/aromatic N) is 1. The van der Waals surface area contributed by atoms with Gasteiger partial charge in [-0.25, -0.2) is 13.6 Å². The maximum atomic E-state index is 12.0. The Morgan fingerprint density at radius 2 is 2.27 bits per heavy atom. The molecule has 0 aromatic rings. The summed E-state index contributed by atoms with van der Waals surface area (Å²) in [6.07, 6.45) is -3.21. The second-order valence-corrected chi connectivity index (χ2v) is 2.61. The molecule has 0 unspecified atom stereocenters. The highest BCUT2D eigenvalue weighted by atomic mass is 19.3. The summed E-state index contributed by atoms with van der Waals surface area (Å²) in [5, 5.41) is 8.39. The molecular formula is C6H9F2NO2. The van der Waals surface area contributed by atoms with E-state index in [2.05, 4.69) is 0 Å². The highest BCUT2D eigenvalue weighted by Gasteiger charge is 2.31. The average Bonchev–Trinajstić information content (AvgIpc) is 2.33. The summed E-state index contributed by atoms with van der Waals surface area (Å²) in [7, 11) is 0. The third-order valence-electron chi connectivity index (χ3n) is 1.85. The van der Waals surface area contributed by atoms with Crippen molar-refractivity contribution in [3.8, 4) is 0 Å². The number of halogens is 2. The first-order valence-electron chi connectivity index (χ1n) is 3.37. The molecule has 1 fully saturated rings. The smallest absolute Gasteiger partial charge is 0.407 e. The first kappa shape index (κ1) is 8.23. The minimum absolute atomic E-state index is 0.0208. The molecule has 0 bridgehead atoms. The van der Waals surface area contributed by atoms with Gasteiger partial charge in [0, 0.05) is 19.0 Å². The molecule has 1 N–H and O–H groups in total. The van der Waals surface area contributed by atoms with Crippen molar-refractivity contribution in [2.75, 3.05) is 13.1 Å². The lowest BCUT2D eigenvalue weighted by Crippen LogP contribution is -2.27. The van der Waals surface area contributed by atoms with Crippen LogP contribution in [0.15, 0.2) is 0 Å².